The Bertz CT molecular complexity index is 602. The molecule has 0 saturated heterocycles. The molecule has 1 N–H and O–H groups in total. The molecule has 21 heavy (non-hydrogen) atoms. The second-order valence-corrected chi connectivity index (χ2v) is 5.82. The number of halogens is 2. The average Bonchev–Trinajstić information content (AvgIpc) is 2.50. The van der Waals surface area contributed by atoms with E-state index in [1.807, 2.05) is 36.4 Å². The summed E-state index contributed by atoms with van der Waals surface area (Å²) in [7, 11) is 3.26. The molecule has 0 aromatic heterocycles. The van der Waals surface area contributed by atoms with E-state index in [9.17, 15) is 0 Å². The molecule has 112 valence electrons. The van der Waals surface area contributed by atoms with E-state index >= 15 is 0 Å². The van der Waals surface area contributed by atoms with Gasteiger partial charge in [0.2, 0.25) is 0 Å². The van der Waals surface area contributed by atoms with Gasteiger partial charge in [-0.1, -0.05) is 39.7 Å². The van der Waals surface area contributed by atoms with E-state index in [0.29, 0.717) is 5.75 Å². The monoisotopic (exact) mass is 369 g/mol. The lowest BCUT2D eigenvalue weighted by atomic mass is 10.2. The van der Waals surface area contributed by atoms with Gasteiger partial charge in [0.1, 0.15) is 0 Å². The fraction of sp³-hybridized carbons (Fsp3) is 0.250. The molecule has 0 aliphatic heterocycles. The van der Waals surface area contributed by atoms with Crippen molar-refractivity contribution in [2.75, 3.05) is 14.2 Å². The fourth-order valence-corrected chi connectivity index (χ4v) is 2.56. The zero-order valence-electron chi connectivity index (χ0n) is 12.0. The van der Waals surface area contributed by atoms with E-state index in [2.05, 4.69) is 21.2 Å². The summed E-state index contributed by atoms with van der Waals surface area (Å²) in [6.07, 6.45) is 0. The molecule has 0 atom stereocenters. The number of benzene rings is 2. The van der Waals surface area contributed by atoms with Crippen LogP contribution in [0.5, 0.6) is 11.5 Å². The third-order valence-corrected chi connectivity index (χ3v) is 4.10. The third kappa shape index (κ3) is 4.37. The van der Waals surface area contributed by atoms with Gasteiger partial charge in [-0.15, -0.1) is 0 Å². The lowest BCUT2D eigenvalue weighted by molar-refractivity contribution is 0.354. The van der Waals surface area contributed by atoms with Gasteiger partial charge in [-0.25, -0.2) is 0 Å². The molecule has 5 heteroatoms. The van der Waals surface area contributed by atoms with E-state index in [-0.39, 0.29) is 0 Å². The smallest absolute Gasteiger partial charge is 0.161 e. The third-order valence-electron chi connectivity index (χ3n) is 3.11. The fourth-order valence-electron chi connectivity index (χ4n) is 1.98. The number of hydrogen-bond acceptors (Lipinski definition) is 3. The first-order chi connectivity index (χ1) is 10.1. The predicted octanol–water partition coefficient (Wildman–Crippen LogP) is 4.41. The lowest BCUT2D eigenvalue weighted by Gasteiger charge is -2.12. The van der Waals surface area contributed by atoms with Crippen molar-refractivity contribution in [1.29, 1.82) is 0 Å². The SMILES string of the molecule is COc1cc(Br)c(CNCc2ccc(Cl)cc2)cc1OC. The molecule has 0 aliphatic carbocycles. The molecule has 0 radical (unpaired) electrons. The van der Waals surface area contributed by atoms with Gasteiger partial charge in [0.25, 0.3) is 0 Å². The first kappa shape index (κ1) is 16.1. The van der Waals surface area contributed by atoms with Crippen molar-refractivity contribution in [3.63, 3.8) is 0 Å². The summed E-state index contributed by atoms with van der Waals surface area (Å²) in [6.45, 7) is 1.50. The highest BCUT2D eigenvalue weighted by Gasteiger charge is 2.09. The van der Waals surface area contributed by atoms with Crippen molar-refractivity contribution >= 4 is 27.5 Å². The van der Waals surface area contributed by atoms with Gasteiger partial charge < -0.3 is 14.8 Å². The van der Waals surface area contributed by atoms with Crippen LogP contribution in [0.15, 0.2) is 40.9 Å². The van der Waals surface area contributed by atoms with Crippen LogP contribution in [0.2, 0.25) is 5.02 Å². The summed E-state index contributed by atoms with van der Waals surface area (Å²) in [5.41, 5.74) is 2.30. The maximum atomic E-state index is 5.87. The number of ether oxygens (including phenoxy) is 2. The van der Waals surface area contributed by atoms with E-state index in [4.69, 9.17) is 21.1 Å². The number of hydrogen-bond donors (Lipinski definition) is 1. The quantitative estimate of drug-likeness (QED) is 0.817. The predicted molar refractivity (Wildman–Crippen MR) is 89.2 cm³/mol. The standard InChI is InChI=1S/C16H17BrClNO2/c1-20-15-7-12(14(17)8-16(15)21-2)10-19-9-11-3-5-13(18)6-4-11/h3-8,19H,9-10H2,1-2H3. The van der Waals surface area contributed by atoms with Crippen LogP contribution in [-0.2, 0) is 13.1 Å². The van der Waals surface area contributed by atoms with E-state index in [1.54, 1.807) is 14.2 Å². The van der Waals surface area contributed by atoms with Crippen molar-refractivity contribution in [3.8, 4) is 11.5 Å². The highest BCUT2D eigenvalue weighted by atomic mass is 79.9. The summed E-state index contributed by atoms with van der Waals surface area (Å²) in [6, 6.07) is 11.7. The Labute approximate surface area is 138 Å². The molecule has 2 rings (SSSR count). The minimum Gasteiger partial charge on any atom is -0.493 e. The zero-order chi connectivity index (χ0) is 15.2. The van der Waals surface area contributed by atoms with Gasteiger partial charge >= 0.3 is 0 Å². The summed E-state index contributed by atoms with van der Waals surface area (Å²) in [5.74, 6) is 1.44. The Morgan fingerprint density at radius 2 is 1.62 bits per heavy atom. The van der Waals surface area contributed by atoms with Crippen molar-refractivity contribution in [2.24, 2.45) is 0 Å². The highest BCUT2D eigenvalue weighted by Crippen LogP contribution is 2.33. The number of rotatable bonds is 6. The highest BCUT2D eigenvalue weighted by molar-refractivity contribution is 9.10. The minimum atomic E-state index is 0.714. The van der Waals surface area contributed by atoms with Gasteiger partial charge in [-0.2, -0.15) is 0 Å². The van der Waals surface area contributed by atoms with Crippen LogP contribution < -0.4 is 14.8 Å². The summed E-state index contributed by atoms with van der Waals surface area (Å²) >= 11 is 9.43. The molecule has 2 aromatic carbocycles. The maximum absolute atomic E-state index is 5.87. The molecule has 0 fully saturated rings. The normalized spacial score (nSPS) is 10.5. The Kier molecular flexibility index (Phi) is 5.91. The van der Waals surface area contributed by atoms with Crippen LogP contribution in [-0.4, -0.2) is 14.2 Å². The van der Waals surface area contributed by atoms with Crippen LogP contribution in [0.3, 0.4) is 0 Å². The van der Waals surface area contributed by atoms with Gasteiger partial charge in [0, 0.05) is 22.6 Å². The molecule has 0 saturated carbocycles. The molecule has 2 aromatic rings. The van der Waals surface area contributed by atoms with Crippen molar-refractivity contribution in [3.05, 3.63) is 57.0 Å². The van der Waals surface area contributed by atoms with E-state index < -0.39 is 0 Å². The molecule has 0 spiro atoms. The van der Waals surface area contributed by atoms with Gasteiger partial charge in [-0.3, -0.25) is 0 Å². The van der Waals surface area contributed by atoms with Crippen LogP contribution in [0.1, 0.15) is 11.1 Å². The Morgan fingerprint density at radius 1 is 1.00 bits per heavy atom. The Morgan fingerprint density at radius 3 is 2.24 bits per heavy atom. The Balaban J connectivity index is 2.01. The van der Waals surface area contributed by atoms with Crippen molar-refractivity contribution in [2.45, 2.75) is 13.1 Å². The Hall–Kier alpha value is -1.23. The van der Waals surface area contributed by atoms with Crippen molar-refractivity contribution < 1.29 is 9.47 Å². The second-order valence-electron chi connectivity index (χ2n) is 4.53. The molecule has 0 heterocycles. The van der Waals surface area contributed by atoms with Crippen LogP contribution in [0, 0.1) is 0 Å². The van der Waals surface area contributed by atoms with Gasteiger partial charge in [0.05, 0.1) is 14.2 Å². The van der Waals surface area contributed by atoms with Crippen LogP contribution in [0.4, 0.5) is 0 Å². The minimum absolute atomic E-state index is 0.714. The van der Waals surface area contributed by atoms with Crippen LogP contribution >= 0.6 is 27.5 Å². The maximum Gasteiger partial charge on any atom is 0.161 e. The zero-order valence-corrected chi connectivity index (χ0v) is 14.3. The second kappa shape index (κ2) is 7.69. The average molecular weight is 371 g/mol. The number of methoxy groups -OCH3 is 2. The largest absolute Gasteiger partial charge is 0.493 e. The lowest BCUT2D eigenvalue weighted by Crippen LogP contribution is -2.13. The summed E-state index contributed by atoms with van der Waals surface area (Å²) in [4.78, 5) is 0. The molecule has 0 amide bonds. The first-order valence-corrected chi connectivity index (χ1v) is 7.66. The number of nitrogens with one attached hydrogen (secondary N) is 1. The summed E-state index contributed by atoms with van der Waals surface area (Å²) in [5, 5.41) is 4.15. The first-order valence-electron chi connectivity index (χ1n) is 6.49. The van der Waals surface area contributed by atoms with Crippen molar-refractivity contribution in [1.82, 2.24) is 5.32 Å². The molecular formula is C16H17BrClNO2. The van der Waals surface area contributed by atoms with Gasteiger partial charge in [0.15, 0.2) is 11.5 Å². The van der Waals surface area contributed by atoms with E-state index in [0.717, 1.165) is 33.9 Å². The molecule has 0 aliphatic rings. The van der Waals surface area contributed by atoms with Gasteiger partial charge in [-0.05, 0) is 35.4 Å². The molecular weight excluding hydrogens is 354 g/mol. The van der Waals surface area contributed by atoms with E-state index in [1.165, 1.54) is 5.56 Å². The molecule has 0 unspecified atom stereocenters. The summed E-state index contributed by atoms with van der Waals surface area (Å²) < 4.78 is 11.6. The molecule has 3 nitrogen and oxygen atoms in total. The molecule has 0 bridgehead atoms. The topological polar surface area (TPSA) is 30.5 Å². The van der Waals surface area contributed by atoms with Crippen LogP contribution in [0.25, 0.3) is 0 Å².